The highest BCUT2D eigenvalue weighted by molar-refractivity contribution is 7.10. The summed E-state index contributed by atoms with van der Waals surface area (Å²) in [6.45, 7) is 3.78. The van der Waals surface area contributed by atoms with Gasteiger partial charge in [-0.1, -0.05) is 12.1 Å². The van der Waals surface area contributed by atoms with Crippen molar-refractivity contribution in [3.63, 3.8) is 0 Å². The van der Waals surface area contributed by atoms with Crippen LogP contribution in [0.3, 0.4) is 0 Å². The fraction of sp³-hybridized carbons (Fsp3) is 0.444. The summed E-state index contributed by atoms with van der Waals surface area (Å²) in [6, 6.07) is 10.1. The summed E-state index contributed by atoms with van der Waals surface area (Å²) >= 11 is 1.75. The molecule has 1 atom stereocenters. The van der Waals surface area contributed by atoms with Gasteiger partial charge in [-0.2, -0.15) is 0 Å². The van der Waals surface area contributed by atoms with Crippen LogP contribution < -0.4 is 14.2 Å². The number of benzene rings is 1. The summed E-state index contributed by atoms with van der Waals surface area (Å²) in [4.78, 5) is 3.79. The van der Waals surface area contributed by atoms with Crippen molar-refractivity contribution in [1.82, 2.24) is 4.90 Å². The van der Waals surface area contributed by atoms with E-state index in [0.717, 1.165) is 30.2 Å². The molecule has 2 aliphatic heterocycles. The van der Waals surface area contributed by atoms with Gasteiger partial charge in [-0.15, -0.1) is 11.3 Å². The van der Waals surface area contributed by atoms with Crippen LogP contribution >= 0.6 is 11.3 Å². The molecule has 1 unspecified atom stereocenters. The highest BCUT2D eigenvalue weighted by Crippen LogP contribution is 2.43. The predicted octanol–water partition coefficient (Wildman–Crippen LogP) is 4.08. The van der Waals surface area contributed by atoms with E-state index in [4.69, 9.17) is 14.2 Å². The maximum atomic E-state index is 6.34. The first-order valence-corrected chi connectivity index (χ1v) is 9.09. The Bertz CT molecular complexity index is 638. The summed E-state index contributed by atoms with van der Waals surface area (Å²) in [5.41, 5.74) is 0. The second-order valence-corrected chi connectivity index (χ2v) is 6.93. The van der Waals surface area contributed by atoms with Crippen LogP contribution in [0.15, 0.2) is 35.7 Å². The number of para-hydroxylation sites is 1. The van der Waals surface area contributed by atoms with Gasteiger partial charge in [-0.25, -0.2) is 0 Å². The molecule has 1 aromatic carbocycles. The summed E-state index contributed by atoms with van der Waals surface area (Å²) < 4.78 is 17.4. The van der Waals surface area contributed by atoms with Crippen LogP contribution in [-0.4, -0.2) is 31.3 Å². The lowest BCUT2D eigenvalue weighted by Crippen LogP contribution is -2.23. The molecule has 0 saturated carbocycles. The van der Waals surface area contributed by atoms with Crippen LogP contribution in [0, 0.1) is 0 Å². The third-order valence-corrected chi connectivity index (χ3v) is 5.36. The molecule has 5 heteroatoms. The predicted molar refractivity (Wildman–Crippen MR) is 90.5 cm³/mol. The van der Waals surface area contributed by atoms with E-state index in [0.29, 0.717) is 0 Å². The minimum Gasteiger partial charge on any atom is -0.481 e. The average molecular weight is 331 g/mol. The van der Waals surface area contributed by atoms with Gasteiger partial charge in [0.2, 0.25) is 12.5 Å². The minimum absolute atomic E-state index is 0.0614. The Morgan fingerprint density at radius 2 is 2.04 bits per heavy atom. The van der Waals surface area contributed by atoms with Crippen molar-refractivity contribution in [3.05, 3.63) is 40.6 Å². The van der Waals surface area contributed by atoms with Crippen molar-refractivity contribution in [2.24, 2.45) is 0 Å². The third kappa shape index (κ3) is 3.31. The van der Waals surface area contributed by atoms with Gasteiger partial charge in [0, 0.05) is 17.8 Å². The monoisotopic (exact) mass is 331 g/mol. The largest absolute Gasteiger partial charge is 0.481 e. The van der Waals surface area contributed by atoms with Crippen LogP contribution in [0.25, 0.3) is 0 Å². The van der Waals surface area contributed by atoms with E-state index in [1.807, 2.05) is 18.2 Å². The number of ether oxygens (including phenoxy) is 3. The quantitative estimate of drug-likeness (QED) is 0.798. The Balaban J connectivity index is 1.50. The normalized spacial score (nSPS) is 18.3. The van der Waals surface area contributed by atoms with Crippen LogP contribution in [0.5, 0.6) is 17.2 Å². The van der Waals surface area contributed by atoms with Crippen molar-refractivity contribution in [1.29, 1.82) is 0 Å². The van der Waals surface area contributed by atoms with Crippen molar-refractivity contribution >= 4 is 11.3 Å². The number of fused-ring (bicyclic) bond motifs is 1. The van der Waals surface area contributed by atoms with E-state index in [1.165, 1.54) is 30.8 Å². The molecule has 0 N–H and O–H groups in total. The Hall–Kier alpha value is -1.72. The first kappa shape index (κ1) is 14.8. The van der Waals surface area contributed by atoms with E-state index >= 15 is 0 Å². The van der Waals surface area contributed by atoms with Crippen LogP contribution in [-0.2, 0) is 0 Å². The highest BCUT2D eigenvalue weighted by Gasteiger charge is 2.23. The summed E-state index contributed by atoms with van der Waals surface area (Å²) in [7, 11) is 0. The van der Waals surface area contributed by atoms with Gasteiger partial charge in [0.15, 0.2) is 11.5 Å². The van der Waals surface area contributed by atoms with Gasteiger partial charge >= 0.3 is 0 Å². The van der Waals surface area contributed by atoms with E-state index in [2.05, 4.69) is 22.4 Å². The standard InChI is InChI=1S/C18H21NO3S/c1-2-10-19(9-1)11-8-14(17-7-4-12-23-17)22-16-6-3-5-15-18(16)21-13-20-15/h3-7,12,14H,1-2,8-11,13H2. The molecule has 4 nitrogen and oxygen atoms in total. The lowest BCUT2D eigenvalue weighted by molar-refractivity contribution is 0.152. The van der Waals surface area contributed by atoms with Crippen molar-refractivity contribution in [2.75, 3.05) is 26.4 Å². The Morgan fingerprint density at radius 3 is 2.87 bits per heavy atom. The first-order chi connectivity index (χ1) is 11.4. The molecule has 2 aliphatic rings. The SMILES string of the molecule is c1csc(C(CCN2CCCC2)Oc2cccc3c2OCO3)c1. The number of nitrogens with zero attached hydrogens (tertiary/aromatic N) is 1. The lowest BCUT2D eigenvalue weighted by Gasteiger charge is -2.22. The molecule has 1 aromatic heterocycles. The summed E-state index contributed by atoms with van der Waals surface area (Å²) in [5, 5.41) is 2.11. The zero-order valence-electron chi connectivity index (χ0n) is 13.1. The molecular weight excluding hydrogens is 310 g/mol. The molecule has 3 heterocycles. The maximum Gasteiger partial charge on any atom is 0.231 e. The maximum absolute atomic E-state index is 6.34. The molecule has 122 valence electrons. The first-order valence-electron chi connectivity index (χ1n) is 8.21. The van der Waals surface area contributed by atoms with E-state index in [-0.39, 0.29) is 12.9 Å². The zero-order chi connectivity index (χ0) is 15.5. The smallest absolute Gasteiger partial charge is 0.231 e. The topological polar surface area (TPSA) is 30.9 Å². The molecule has 23 heavy (non-hydrogen) atoms. The number of thiophene rings is 1. The summed E-state index contributed by atoms with van der Waals surface area (Å²) in [6.07, 6.45) is 3.70. The van der Waals surface area contributed by atoms with E-state index < -0.39 is 0 Å². The molecule has 0 spiro atoms. The van der Waals surface area contributed by atoms with Crippen LogP contribution in [0.2, 0.25) is 0 Å². The second kappa shape index (κ2) is 6.81. The molecule has 0 radical (unpaired) electrons. The zero-order valence-corrected chi connectivity index (χ0v) is 13.9. The number of hydrogen-bond donors (Lipinski definition) is 0. The van der Waals surface area contributed by atoms with E-state index in [1.54, 1.807) is 11.3 Å². The Labute approximate surface area is 140 Å². The molecule has 0 amide bonds. The van der Waals surface area contributed by atoms with Gasteiger partial charge in [0.25, 0.3) is 0 Å². The lowest BCUT2D eigenvalue weighted by atomic mass is 10.2. The number of rotatable bonds is 6. The Morgan fingerprint density at radius 1 is 1.13 bits per heavy atom. The van der Waals surface area contributed by atoms with Gasteiger partial charge in [0.05, 0.1) is 0 Å². The van der Waals surface area contributed by atoms with Crippen LogP contribution in [0.1, 0.15) is 30.2 Å². The molecular formula is C18H21NO3S. The van der Waals surface area contributed by atoms with Crippen molar-refractivity contribution in [3.8, 4) is 17.2 Å². The highest BCUT2D eigenvalue weighted by atomic mass is 32.1. The van der Waals surface area contributed by atoms with Gasteiger partial charge < -0.3 is 19.1 Å². The number of hydrogen-bond acceptors (Lipinski definition) is 5. The summed E-state index contributed by atoms with van der Waals surface area (Å²) in [5.74, 6) is 2.28. The average Bonchev–Trinajstić information content (AvgIpc) is 3.33. The van der Waals surface area contributed by atoms with Gasteiger partial charge in [-0.05, 0) is 49.5 Å². The fourth-order valence-corrected chi connectivity index (χ4v) is 3.98. The molecule has 0 aliphatic carbocycles. The molecule has 4 rings (SSSR count). The second-order valence-electron chi connectivity index (χ2n) is 5.95. The minimum atomic E-state index is 0.0614. The van der Waals surface area contributed by atoms with Crippen molar-refractivity contribution < 1.29 is 14.2 Å². The van der Waals surface area contributed by atoms with E-state index in [9.17, 15) is 0 Å². The molecule has 2 aromatic rings. The molecule has 1 fully saturated rings. The molecule has 0 bridgehead atoms. The fourth-order valence-electron chi connectivity index (χ4n) is 3.19. The van der Waals surface area contributed by atoms with Crippen molar-refractivity contribution in [2.45, 2.75) is 25.4 Å². The number of likely N-dealkylation sites (tertiary alicyclic amines) is 1. The Kier molecular flexibility index (Phi) is 4.39. The van der Waals surface area contributed by atoms with Crippen LogP contribution in [0.4, 0.5) is 0 Å². The third-order valence-electron chi connectivity index (χ3n) is 4.40. The van der Waals surface area contributed by atoms with Gasteiger partial charge in [0.1, 0.15) is 6.10 Å². The van der Waals surface area contributed by atoms with Gasteiger partial charge in [-0.3, -0.25) is 0 Å². The molecule has 1 saturated heterocycles.